The van der Waals surface area contributed by atoms with Gasteiger partial charge in [-0.1, -0.05) is 6.07 Å². The molecule has 2 N–H and O–H groups in total. The van der Waals surface area contributed by atoms with Crippen LogP contribution in [-0.4, -0.2) is 7.05 Å². The van der Waals surface area contributed by atoms with E-state index in [4.69, 9.17) is 10.2 Å². The van der Waals surface area contributed by atoms with Crippen LogP contribution < -0.4 is 10.6 Å². The van der Waals surface area contributed by atoms with Gasteiger partial charge in [0.05, 0.1) is 12.0 Å². The lowest BCUT2D eigenvalue weighted by Crippen LogP contribution is -2.19. The largest absolute Gasteiger partial charge is 0.469 e. The zero-order valence-electron chi connectivity index (χ0n) is 10.9. The maximum absolute atomic E-state index is 13.9. The van der Waals surface area contributed by atoms with Gasteiger partial charge in [-0.15, -0.1) is 0 Å². The van der Waals surface area contributed by atoms with Crippen molar-refractivity contribution in [3.05, 3.63) is 53.0 Å². The number of halogens is 2. The van der Waals surface area contributed by atoms with E-state index in [1.807, 2.05) is 13.0 Å². The van der Waals surface area contributed by atoms with Crippen molar-refractivity contribution in [2.75, 3.05) is 11.9 Å². The van der Waals surface area contributed by atoms with Crippen molar-refractivity contribution in [3.8, 4) is 0 Å². The fourth-order valence-corrected chi connectivity index (χ4v) is 1.95. The molecular formula is C14H16F2N2O. The minimum atomic E-state index is -0.879. The molecule has 102 valence electrons. The van der Waals surface area contributed by atoms with Gasteiger partial charge in [-0.3, -0.25) is 0 Å². The topological polar surface area (TPSA) is 42.4 Å². The number of aryl methyl sites for hydroxylation is 1. The Labute approximate surface area is 110 Å². The molecule has 5 heteroatoms. The number of hydrogen-bond donors (Lipinski definition) is 1. The summed E-state index contributed by atoms with van der Waals surface area (Å²) in [5, 5.41) is 0. The Hall–Kier alpha value is -1.88. The number of benzene rings is 1. The summed E-state index contributed by atoms with van der Waals surface area (Å²) in [4.78, 5) is 1.64. The standard InChI is InChI=1S/C14H16F2N2O/c1-9-11(5-6-19-9)8-18(2)12-4-3-10(7-17)13(15)14(12)16/h3-6H,7-8,17H2,1-2H3. The number of nitrogens with zero attached hydrogens (tertiary/aromatic N) is 1. The first-order chi connectivity index (χ1) is 9.04. The van der Waals surface area contributed by atoms with Gasteiger partial charge in [-0.2, -0.15) is 0 Å². The molecule has 0 atom stereocenters. The van der Waals surface area contributed by atoms with Crippen LogP contribution in [0, 0.1) is 18.6 Å². The van der Waals surface area contributed by atoms with Crippen LogP contribution in [0.3, 0.4) is 0 Å². The van der Waals surface area contributed by atoms with Crippen LogP contribution in [0.5, 0.6) is 0 Å². The average molecular weight is 266 g/mol. The van der Waals surface area contributed by atoms with Crippen molar-refractivity contribution < 1.29 is 13.2 Å². The highest BCUT2D eigenvalue weighted by molar-refractivity contribution is 5.49. The van der Waals surface area contributed by atoms with Gasteiger partial charge < -0.3 is 15.1 Å². The minimum absolute atomic E-state index is 0.0203. The summed E-state index contributed by atoms with van der Waals surface area (Å²) in [7, 11) is 1.70. The maximum atomic E-state index is 13.9. The Morgan fingerprint density at radius 1 is 1.16 bits per heavy atom. The second-order valence-corrected chi connectivity index (χ2v) is 4.43. The normalized spacial score (nSPS) is 10.8. The van der Waals surface area contributed by atoms with Gasteiger partial charge in [-0.05, 0) is 19.1 Å². The monoisotopic (exact) mass is 266 g/mol. The fourth-order valence-electron chi connectivity index (χ4n) is 1.95. The highest BCUT2D eigenvalue weighted by atomic mass is 19.2. The van der Waals surface area contributed by atoms with Crippen LogP contribution in [0.15, 0.2) is 28.9 Å². The lowest BCUT2D eigenvalue weighted by atomic mass is 10.1. The van der Waals surface area contributed by atoms with E-state index in [0.717, 1.165) is 11.3 Å². The number of furan rings is 1. The molecule has 2 aromatic rings. The number of nitrogens with two attached hydrogens (primary N) is 1. The van der Waals surface area contributed by atoms with Gasteiger partial charge in [-0.25, -0.2) is 8.78 Å². The molecular weight excluding hydrogens is 250 g/mol. The SMILES string of the molecule is Cc1occc1CN(C)c1ccc(CN)c(F)c1F. The molecule has 19 heavy (non-hydrogen) atoms. The molecule has 0 spiro atoms. The van der Waals surface area contributed by atoms with Gasteiger partial charge in [0.1, 0.15) is 5.76 Å². The predicted octanol–water partition coefficient (Wildman–Crippen LogP) is 2.96. The van der Waals surface area contributed by atoms with E-state index in [-0.39, 0.29) is 17.8 Å². The van der Waals surface area contributed by atoms with Crippen molar-refractivity contribution in [3.63, 3.8) is 0 Å². The van der Waals surface area contributed by atoms with Gasteiger partial charge in [0.2, 0.25) is 0 Å². The van der Waals surface area contributed by atoms with Crippen LogP contribution in [0.2, 0.25) is 0 Å². The zero-order valence-corrected chi connectivity index (χ0v) is 10.9. The summed E-state index contributed by atoms with van der Waals surface area (Å²) in [5.74, 6) is -0.978. The summed E-state index contributed by atoms with van der Waals surface area (Å²) < 4.78 is 32.8. The molecule has 0 fully saturated rings. The first kappa shape index (κ1) is 13.5. The van der Waals surface area contributed by atoms with E-state index in [1.165, 1.54) is 12.1 Å². The van der Waals surface area contributed by atoms with Gasteiger partial charge >= 0.3 is 0 Å². The molecule has 1 aromatic heterocycles. The first-order valence-electron chi connectivity index (χ1n) is 5.95. The molecule has 0 bridgehead atoms. The van der Waals surface area contributed by atoms with E-state index in [9.17, 15) is 8.78 Å². The van der Waals surface area contributed by atoms with Crippen molar-refractivity contribution in [2.24, 2.45) is 5.73 Å². The van der Waals surface area contributed by atoms with Crippen molar-refractivity contribution in [1.82, 2.24) is 0 Å². The van der Waals surface area contributed by atoms with E-state index in [1.54, 1.807) is 18.2 Å². The van der Waals surface area contributed by atoms with Crippen LogP contribution in [0.1, 0.15) is 16.9 Å². The van der Waals surface area contributed by atoms with Crippen LogP contribution in [0.25, 0.3) is 0 Å². The first-order valence-corrected chi connectivity index (χ1v) is 5.95. The second kappa shape index (κ2) is 5.40. The minimum Gasteiger partial charge on any atom is -0.469 e. The van der Waals surface area contributed by atoms with Crippen LogP contribution >= 0.6 is 0 Å². The Morgan fingerprint density at radius 3 is 2.47 bits per heavy atom. The lowest BCUT2D eigenvalue weighted by Gasteiger charge is -2.20. The van der Waals surface area contributed by atoms with Gasteiger partial charge in [0, 0.05) is 31.3 Å². The highest BCUT2D eigenvalue weighted by Crippen LogP contribution is 2.25. The summed E-state index contributed by atoms with van der Waals surface area (Å²) in [6, 6.07) is 4.86. The summed E-state index contributed by atoms with van der Waals surface area (Å²) in [6.07, 6.45) is 1.58. The number of hydrogen-bond acceptors (Lipinski definition) is 3. The summed E-state index contributed by atoms with van der Waals surface area (Å²) in [6.45, 7) is 2.26. The fraction of sp³-hybridized carbons (Fsp3) is 0.286. The molecule has 0 aliphatic rings. The molecule has 0 saturated heterocycles. The quantitative estimate of drug-likeness (QED) is 0.925. The molecule has 2 rings (SSSR count). The van der Waals surface area contributed by atoms with Crippen molar-refractivity contribution in [1.29, 1.82) is 0 Å². The number of rotatable bonds is 4. The maximum Gasteiger partial charge on any atom is 0.182 e. The summed E-state index contributed by atoms with van der Waals surface area (Å²) >= 11 is 0. The number of anilines is 1. The van der Waals surface area contributed by atoms with E-state index >= 15 is 0 Å². The second-order valence-electron chi connectivity index (χ2n) is 4.43. The van der Waals surface area contributed by atoms with Gasteiger partial charge in [0.25, 0.3) is 0 Å². The average Bonchev–Trinajstić information content (AvgIpc) is 2.78. The molecule has 0 amide bonds. The van der Waals surface area contributed by atoms with E-state index in [2.05, 4.69) is 0 Å². The third-order valence-electron chi connectivity index (χ3n) is 3.15. The Kier molecular flexibility index (Phi) is 3.85. The zero-order chi connectivity index (χ0) is 14.0. The van der Waals surface area contributed by atoms with E-state index in [0.29, 0.717) is 6.54 Å². The third-order valence-corrected chi connectivity index (χ3v) is 3.15. The lowest BCUT2D eigenvalue weighted by molar-refractivity contribution is 0.497. The predicted molar refractivity (Wildman–Crippen MR) is 69.8 cm³/mol. The van der Waals surface area contributed by atoms with Crippen molar-refractivity contribution >= 4 is 5.69 Å². The van der Waals surface area contributed by atoms with Crippen LogP contribution in [-0.2, 0) is 13.1 Å². The summed E-state index contributed by atoms with van der Waals surface area (Å²) in [5.41, 5.74) is 6.66. The van der Waals surface area contributed by atoms with Gasteiger partial charge in [0.15, 0.2) is 11.6 Å². The van der Waals surface area contributed by atoms with E-state index < -0.39 is 11.6 Å². The molecule has 1 aromatic carbocycles. The molecule has 0 unspecified atom stereocenters. The molecule has 0 aliphatic heterocycles. The molecule has 0 radical (unpaired) electrons. The Bertz CT molecular complexity index is 581. The third kappa shape index (κ3) is 2.61. The molecule has 1 heterocycles. The molecule has 0 aliphatic carbocycles. The highest BCUT2D eigenvalue weighted by Gasteiger charge is 2.16. The smallest absolute Gasteiger partial charge is 0.182 e. The molecule has 0 saturated carbocycles. The van der Waals surface area contributed by atoms with Crippen molar-refractivity contribution in [2.45, 2.75) is 20.0 Å². The van der Waals surface area contributed by atoms with Crippen LogP contribution in [0.4, 0.5) is 14.5 Å². The Morgan fingerprint density at radius 2 is 1.89 bits per heavy atom. The molecule has 3 nitrogen and oxygen atoms in total. The Balaban J connectivity index is 2.27.